The predicted molar refractivity (Wildman–Crippen MR) is 74.1 cm³/mol. The summed E-state index contributed by atoms with van der Waals surface area (Å²) < 4.78 is 0. The Balaban J connectivity index is 1.59. The first-order valence-electron chi connectivity index (χ1n) is 7.52. The van der Waals surface area contributed by atoms with Gasteiger partial charge in [0.15, 0.2) is 0 Å². The quantitative estimate of drug-likeness (QED) is 0.782. The van der Waals surface area contributed by atoms with Crippen LogP contribution in [0.25, 0.3) is 0 Å². The summed E-state index contributed by atoms with van der Waals surface area (Å²) in [7, 11) is 0. The van der Waals surface area contributed by atoms with E-state index in [2.05, 4.69) is 40.8 Å². The highest BCUT2D eigenvalue weighted by atomic mass is 15.6. The molecule has 4 heterocycles. The average molecular weight is 252 g/mol. The minimum Gasteiger partial charge on any atom is -0.308 e. The molecular formula is C14H28N4. The summed E-state index contributed by atoms with van der Waals surface area (Å²) in [6, 6.07) is 0. The Kier molecular flexibility index (Phi) is 3.39. The van der Waals surface area contributed by atoms with Crippen molar-refractivity contribution in [2.75, 3.05) is 46.2 Å². The van der Waals surface area contributed by atoms with Gasteiger partial charge < -0.3 is 5.32 Å². The standard InChI is InChI=1S/C14H28N4/c1-4-12(2)13(3)5-15-14-6-16-9-17(7-14)11-18(8-14)10-16/h12-13,15H,4-11H2,1-3H3. The molecule has 0 aromatic rings. The normalized spacial score (nSPS) is 45.2. The highest BCUT2D eigenvalue weighted by molar-refractivity contribution is 5.05. The van der Waals surface area contributed by atoms with Crippen molar-refractivity contribution >= 4 is 0 Å². The van der Waals surface area contributed by atoms with Crippen molar-refractivity contribution in [2.45, 2.75) is 32.7 Å². The molecule has 2 atom stereocenters. The molecule has 4 aliphatic rings. The topological polar surface area (TPSA) is 21.8 Å². The molecule has 4 saturated heterocycles. The summed E-state index contributed by atoms with van der Waals surface area (Å²) in [6.07, 6.45) is 1.29. The van der Waals surface area contributed by atoms with E-state index in [1.165, 1.54) is 52.6 Å². The van der Waals surface area contributed by atoms with E-state index >= 15 is 0 Å². The van der Waals surface area contributed by atoms with Gasteiger partial charge in [0, 0.05) is 19.6 Å². The van der Waals surface area contributed by atoms with E-state index in [-0.39, 0.29) is 0 Å². The van der Waals surface area contributed by atoms with Crippen molar-refractivity contribution < 1.29 is 0 Å². The lowest BCUT2D eigenvalue weighted by molar-refractivity contribution is -0.150. The summed E-state index contributed by atoms with van der Waals surface area (Å²) in [5.41, 5.74) is 0.344. The molecule has 4 bridgehead atoms. The second-order valence-corrected chi connectivity index (χ2v) is 6.94. The van der Waals surface area contributed by atoms with Crippen molar-refractivity contribution in [3.8, 4) is 0 Å². The van der Waals surface area contributed by atoms with Gasteiger partial charge in [-0.05, 0) is 18.4 Å². The largest absolute Gasteiger partial charge is 0.308 e. The Morgan fingerprint density at radius 1 is 0.944 bits per heavy atom. The first-order valence-corrected chi connectivity index (χ1v) is 7.52. The molecule has 0 spiro atoms. The van der Waals surface area contributed by atoms with E-state index in [4.69, 9.17) is 0 Å². The monoisotopic (exact) mass is 252 g/mol. The fraction of sp³-hybridized carbons (Fsp3) is 1.00. The second-order valence-electron chi connectivity index (χ2n) is 6.94. The van der Waals surface area contributed by atoms with Crippen molar-refractivity contribution in [1.29, 1.82) is 0 Å². The van der Waals surface area contributed by atoms with E-state index in [9.17, 15) is 0 Å². The Hall–Kier alpha value is -0.160. The Morgan fingerprint density at radius 2 is 1.44 bits per heavy atom. The van der Waals surface area contributed by atoms with Gasteiger partial charge in [-0.2, -0.15) is 0 Å². The molecule has 18 heavy (non-hydrogen) atoms. The summed E-state index contributed by atoms with van der Waals surface area (Å²) in [5.74, 6) is 1.61. The third-order valence-corrected chi connectivity index (χ3v) is 5.19. The third kappa shape index (κ3) is 2.31. The molecule has 0 amide bonds. The van der Waals surface area contributed by atoms with Crippen LogP contribution in [0.1, 0.15) is 27.2 Å². The zero-order valence-corrected chi connectivity index (χ0v) is 12.2. The minimum absolute atomic E-state index is 0.344. The lowest BCUT2D eigenvalue weighted by atomic mass is 9.88. The smallest absolute Gasteiger partial charge is 0.0569 e. The fourth-order valence-corrected chi connectivity index (χ4v) is 3.87. The van der Waals surface area contributed by atoms with E-state index in [1.807, 2.05) is 0 Å². The highest BCUT2D eigenvalue weighted by Gasteiger charge is 2.48. The van der Waals surface area contributed by atoms with Crippen LogP contribution < -0.4 is 5.32 Å². The third-order valence-electron chi connectivity index (χ3n) is 5.19. The summed E-state index contributed by atoms with van der Waals surface area (Å²) in [5, 5.41) is 3.92. The van der Waals surface area contributed by atoms with E-state index < -0.39 is 0 Å². The van der Waals surface area contributed by atoms with Crippen LogP contribution in [-0.4, -0.2) is 66.4 Å². The lowest BCUT2D eigenvalue weighted by Gasteiger charge is -2.61. The number of hydrogen-bond acceptors (Lipinski definition) is 4. The van der Waals surface area contributed by atoms with Crippen molar-refractivity contribution in [3.63, 3.8) is 0 Å². The van der Waals surface area contributed by atoms with Crippen molar-refractivity contribution in [2.24, 2.45) is 11.8 Å². The number of hydrogen-bond donors (Lipinski definition) is 1. The van der Waals surface area contributed by atoms with Gasteiger partial charge >= 0.3 is 0 Å². The first-order chi connectivity index (χ1) is 8.60. The molecule has 0 radical (unpaired) electrons. The summed E-state index contributed by atoms with van der Waals surface area (Å²) in [4.78, 5) is 7.74. The molecule has 4 aliphatic heterocycles. The Morgan fingerprint density at radius 3 is 1.89 bits per heavy atom. The number of rotatable bonds is 5. The van der Waals surface area contributed by atoms with E-state index in [0.29, 0.717) is 5.54 Å². The van der Waals surface area contributed by atoms with Gasteiger partial charge in [0.25, 0.3) is 0 Å². The van der Waals surface area contributed by atoms with Crippen LogP contribution in [0.4, 0.5) is 0 Å². The molecule has 0 aromatic heterocycles. The first kappa shape index (κ1) is 12.9. The Bertz CT molecular complexity index is 269. The summed E-state index contributed by atoms with van der Waals surface area (Å²) >= 11 is 0. The average Bonchev–Trinajstić information content (AvgIpc) is 2.33. The van der Waals surface area contributed by atoms with Crippen LogP contribution >= 0.6 is 0 Å². The van der Waals surface area contributed by atoms with Gasteiger partial charge in [-0.25, -0.2) is 0 Å². The zero-order chi connectivity index (χ0) is 12.8. The van der Waals surface area contributed by atoms with E-state index in [1.54, 1.807) is 0 Å². The van der Waals surface area contributed by atoms with Crippen LogP contribution in [0.5, 0.6) is 0 Å². The van der Waals surface area contributed by atoms with Crippen molar-refractivity contribution in [3.05, 3.63) is 0 Å². The molecule has 4 nitrogen and oxygen atoms in total. The molecule has 4 rings (SSSR count). The lowest BCUT2D eigenvalue weighted by Crippen LogP contribution is -2.79. The maximum atomic E-state index is 3.92. The Labute approximate surface area is 111 Å². The van der Waals surface area contributed by atoms with E-state index in [0.717, 1.165) is 11.8 Å². The predicted octanol–water partition coefficient (Wildman–Crippen LogP) is 0.816. The van der Waals surface area contributed by atoms with Gasteiger partial charge in [-0.15, -0.1) is 0 Å². The zero-order valence-electron chi connectivity index (χ0n) is 12.2. The van der Waals surface area contributed by atoms with Crippen LogP contribution in [0.2, 0.25) is 0 Å². The van der Waals surface area contributed by atoms with Gasteiger partial charge in [0.1, 0.15) is 0 Å². The number of nitrogens with zero attached hydrogens (tertiary/aromatic N) is 3. The molecule has 1 N–H and O–H groups in total. The molecule has 0 aromatic carbocycles. The van der Waals surface area contributed by atoms with Gasteiger partial charge in [0.2, 0.25) is 0 Å². The van der Waals surface area contributed by atoms with Crippen LogP contribution in [-0.2, 0) is 0 Å². The second kappa shape index (κ2) is 4.75. The highest BCUT2D eigenvalue weighted by Crippen LogP contribution is 2.29. The molecule has 2 unspecified atom stereocenters. The fourth-order valence-electron chi connectivity index (χ4n) is 3.87. The molecule has 0 aliphatic carbocycles. The maximum absolute atomic E-state index is 3.92. The molecule has 4 fully saturated rings. The van der Waals surface area contributed by atoms with Gasteiger partial charge in [-0.3, -0.25) is 14.7 Å². The minimum atomic E-state index is 0.344. The molecule has 0 saturated carbocycles. The van der Waals surface area contributed by atoms with Gasteiger partial charge in [0.05, 0.1) is 25.5 Å². The van der Waals surface area contributed by atoms with Gasteiger partial charge in [-0.1, -0.05) is 27.2 Å². The molecule has 4 heteroatoms. The molecule has 104 valence electrons. The van der Waals surface area contributed by atoms with Crippen molar-refractivity contribution in [1.82, 2.24) is 20.0 Å². The van der Waals surface area contributed by atoms with Crippen LogP contribution in [0.15, 0.2) is 0 Å². The maximum Gasteiger partial charge on any atom is 0.0569 e. The molecular weight excluding hydrogens is 224 g/mol. The summed E-state index contributed by atoms with van der Waals surface area (Å²) in [6.45, 7) is 15.5. The number of nitrogens with one attached hydrogen (secondary N) is 1. The van der Waals surface area contributed by atoms with Crippen LogP contribution in [0, 0.1) is 11.8 Å². The SMILES string of the molecule is CCC(C)C(C)CNC12CN3CN(CN(C3)C1)C2. The van der Waals surface area contributed by atoms with Crippen LogP contribution in [0.3, 0.4) is 0 Å².